The van der Waals surface area contributed by atoms with E-state index in [1.165, 1.54) is 11.1 Å². The van der Waals surface area contributed by atoms with Crippen LogP contribution in [0.4, 0.5) is 0 Å². The summed E-state index contributed by atoms with van der Waals surface area (Å²) in [4.78, 5) is 13.0. The van der Waals surface area contributed by atoms with Gasteiger partial charge in [-0.25, -0.2) is 0 Å². The average Bonchev–Trinajstić information content (AvgIpc) is 3.11. The summed E-state index contributed by atoms with van der Waals surface area (Å²) in [5, 5.41) is 0. The van der Waals surface area contributed by atoms with Gasteiger partial charge in [-0.3, -0.25) is 4.79 Å². The Bertz CT molecular complexity index is 1220. The zero-order valence-corrected chi connectivity index (χ0v) is 18.9. The highest BCUT2D eigenvalue weighted by molar-refractivity contribution is 6.15. The third kappa shape index (κ3) is 3.94. The van der Waals surface area contributed by atoms with Gasteiger partial charge in [-0.1, -0.05) is 35.9 Å². The van der Waals surface area contributed by atoms with Crippen molar-refractivity contribution in [2.24, 2.45) is 0 Å². The van der Waals surface area contributed by atoms with Gasteiger partial charge in [-0.15, -0.1) is 0 Å². The molecule has 5 nitrogen and oxygen atoms in total. The fourth-order valence-corrected chi connectivity index (χ4v) is 3.80. The van der Waals surface area contributed by atoms with E-state index in [4.69, 9.17) is 18.9 Å². The summed E-state index contributed by atoms with van der Waals surface area (Å²) in [5.74, 6) is 2.42. The zero-order valence-electron chi connectivity index (χ0n) is 18.9. The Labute approximate surface area is 188 Å². The number of rotatable bonds is 6. The van der Waals surface area contributed by atoms with Crippen molar-refractivity contribution in [2.75, 3.05) is 14.2 Å². The van der Waals surface area contributed by atoms with E-state index in [0.717, 1.165) is 11.1 Å². The van der Waals surface area contributed by atoms with E-state index in [9.17, 15) is 4.79 Å². The molecule has 0 unspecified atom stereocenters. The number of allylic oxidation sites excluding steroid dienone is 1. The van der Waals surface area contributed by atoms with Gasteiger partial charge in [0, 0.05) is 11.1 Å². The van der Waals surface area contributed by atoms with Crippen LogP contribution < -0.4 is 18.9 Å². The van der Waals surface area contributed by atoms with Crippen molar-refractivity contribution in [2.45, 2.75) is 27.4 Å². The van der Waals surface area contributed by atoms with Gasteiger partial charge in [-0.05, 0) is 56.2 Å². The second-order valence-electron chi connectivity index (χ2n) is 7.81. The molecule has 0 atom stereocenters. The molecule has 0 spiro atoms. The predicted molar refractivity (Wildman–Crippen MR) is 124 cm³/mol. The third-order valence-electron chi connectivity index (χ3n) is 5.64. The van der Waals surface area contributed by atoms with Crippen molar-refractivity contribution in [1.29, 1.82) is 0 Å². The standard InChI is InChI=1S/C27H26O5/c1-16-9-10-17(2)20(13-16)15-31-22-12-11-21-25(28)24(32-26(21)18(22)3)14-19-7-6-8-23(29-4)27(19)30-5/h6-14H,15H2,1-5H3/b24-14-. The van der Waals surface area contributed by atoms with Crippen LogP contribution >= 0.6 is 0 Å². The molecular weight excluding hydrogens is 404 g/mol. The molecule has 0 aromatic heterocycles. The molecule has 32 heavy (non-hydrogen) atoms. The van der Waals surface area contributed by atoms with Crippen molar-refractivity contribution in [3.8, 4) is 23.0 Å². The van der Waals surface area contributed by atoms with Crippen LogP contribution in [0.2, 0.25) is 0 Å². The van der Waals surface area contributed by atoms with Crippen LogP contribution in [-0.2, 0) is 6.61 Å². The van der Waals surface area contributed by atoms with E-state index in [0.29, 0.717) is 40.7 Å². The number of aryl methyl sites for hydroxylation is 2. The molecule has 0 saturated heterocycles. The molecule has 0 fully saturated rings. The van der Waals surface area contributed by atoms with Crippen molar-refractivity contribution >= 4 is 11.9 Å². The number of benzene rings is 3. The summed E-state index contributed by atoms with van der Waals surface area (Å²) in [6.45, 7) is 6.48. The molecule has 3 aromatic rings. The molecule has 0 radical (unpaired) electrons. The number of carbonyl (C=O) groups is 1. The number of Topliss-reactive ketones (excluding diaryl/α,β-unsaturated/α-hetero) is 1. The van der Waals surface area contributed by atoms with Gasteiger partial charge in [0.2, 0.25) is 5.78 Å². The number of ether oxygens (including phenoxy) is 4. The Hall–Kier alpha value is -3.73. The van der Waals surface area contributed by atoms with E-state index in [2.05, 4.69) is 32.0 Å². The van der Waals surface area contributed by atoms with E-state index in [1.807, 2.05) is 25.1 Å². The monoisotopic (exact) mass is 430 g/mol. The van der Waals surface area contributed by atoms with Gasteiger partial charge < -0.3 is 18.9 Å². The summed E-state index contributed by atoms with van der Waals surface area (Å²) in [6.07, 6.45) is 1.68. The minimum absolute atomic E-state index is 0.172. The fourth-order valence-electron chi connectivity index (χ4n) is 3.80. The molecule has 164 valence electrons. The molecule has 1 aliphatic heterocycles. The Kier molecular flexibility index (Phi) is 5.91. The van der Waals surface area contributed by atoms with E-state index >= 15 is 0 Å². The third-order valence-corrected chi connectivity index (χ3v) is 5.64. The van der Waals surface area contributed by atoms with Crippen LogP contribution in [0, 0.1) is 20.8 Å². The number of ketones is 1. The fraction of sp³-hybridized carbons (Fsp3) is 0.222. The van der Waals surface area contributed by atoms with Crippen LogP contribution in [-0.4, -0.2) is 20.0 Å². The molecule has 3 aromatic carbocycles. The maximum Gasteiger partial charge on any atom is 0.231 e. The van der Waals surface area contributed by atoms with Crippen LogP contribution in [0.25, 0.3) is 6.08 Å². The van der Waals surface area contributed by atoms with E-state index < -0.39 is 0 Å². The highest BCUT2D eigenvalue weighted by Gasteiger charge is 2.30. The lowest BCUT2D eigenvalue weighted by molar-refractivity contribution is 0.101. The molecule has 0 bridgehead atoms. The zero-order chi connectivity index (χ0) is 22.8. The van der Waals surface area contributed by atoms with Gasteiger partial charge >= 0.3 is 0 Å². The maximum absolute atomic E-state index is 13.0. The van der Waals surface area contributed by atoms with Gasteiger partial charge in [-0.2, -0.15) is 0 Å². The molecule has 0 aliphatic carbocycles. The predicted octanol–water partition coefficient (Wildman–Crippen LogP) is 5.82. The van der Waals surface area contributed by atoms with Crippen LogP contribution in [0.15, 0.2) is 54.3 Å². The summed E-state index contributed by atoms with van der Waals surface area (Å²) in [6, 6.07) is 15.4. The lowest BCUT2D eigenvalue weighted by Gasteiger charge is -2.13. The first kappa shape index (κ1) is 21.5. The molecule has 1 aliphatic rings. The molecule has 1 heterocycles. The van der Waals surface area contributed by atoms with Gasteiger partial charge in [0.25, 0.3) is 0 Å². The minimum Gasteiger partial charge on any atom is -0.493 e. The molecule has 0 amide bonds. The number of hydrogen-bond acceptors (Lipinski definition) is 5. The highest BCUT2D eigenvalue weighted by atomic mass is 16.5. The lowest BCUT2D eigenvalue weighted by Crippen LogP contribution is -2.00. The molecule has 5 heteroatoms. The Morgan fingerprint density at radius 3 is 2.50 bits per heavy atom. The Morgan fingerprint density at radius 1 is 0.938 bits per heavy atom. The summed E-state index contributed by atoms with van der Waals surface area (Å²) in [7, 11) is 3.14. The average molecular weight is 431 g/mol. The van der Waals surface area contributed by atoms with Crippen LogP contribution in [0.5, 0.6) is 23.0 Å². The van der Waals surface area contributed by atoms with Gasteiger partial charge in [0.1, 0.15) is 18.1 Å². The first-order chi connectivity index (χ1) is 15.4. The van der Waals surface area contributed by atoms with Crippen molar-refractivity contribution < 1.29 is 23.7 Å². The normalized spacial score (nSPS) is 13.7. The van der Waals surface area contributed by atoms with Gasteiger partial charge in [0.15, 0.2) is 17.3 Å². The molecule has 0 N–H and O–H groups in total. The second kappa shape index (κ2) is 8.79. The Morgan fingerprint density at radius 2 is 1.75 bits per heavy atom. The highest BCUT2D eigenvalue weighted by Crippen LogP contribution is 2.41. The largest absolute Gasteiger partial charge is 0.493 e. The lowest BCUT2D eigenvalue weighted by atomic mass is 10.0. The van der Waals surface area contributed by atoms with E-state index in [-0.39, 0.29) is 11.5 Å². The number of para-hydroxylation sites is 1. The molecule has 0 saturated carbocycles. The summed E-state index contributed by atoms with van der Waals surface area (Å²) in [5.41, 5.74) is 5.52. The van der Waals surface area contributed by atoms with Crippen LogP contribution in [0.3, 0.4) is 0 Å². The SMILES string of the molecule is COc1cccc(/C=C2\Oc3c(ccc(OCc4cc(C)ccc4C)c3C)C2=O)c1OC. The Balaban J connectivity index is 1.61. The first-order valence-corrected chi connectivity index (χ1v) is 10.4. The number of methoxy groups -OCH3 is 2. The second-order valence-corrected chi connectivity index (χ2v) is 7.81. The van der Waals surface area contributed by atoms with Gasteiger partial charge in [0.05, 0.1) is 19.8 Å². The molecular formula is C27H26O5. The first-order valence-electron chi connectivity index (χ1n) is 10.4. The van der Waals surface area contributed by atoms with Crippen molar-refractivity contribution in [1.82, 2.24) is 0 Å². The van der Waals surface area contributed by atoms with Crippen LogP contribution in [0.1, 0.15) is 38.2 Å². The quantitative estimate of drug-likeness (QED) is 0.461. The molecule has 4 rings (SSSR count). The topological polar surface area (TPSA) is 54.0 Å². The smallest absolute Gasteiger partial charge is 0.231 e. The minimum atomic E-state index is -0.172. The van der Waals surface area contributed by atoms with Crippen molar-refractivity contribution in [3.05, 3.63) is 87.7 Å². The van der Waals surface area contributed by atoms with Crippen molar-refractivity contribution in [3.63, 3.8) is 0 Å². The number of fused-ring (bicyclic) bond motifs is 1. The maximum atomic E-state index is 13.0. The summed E-state index contributed by atoms with van der Waals surface area (Å²) < 4.78 is 22.9. The van der Waals surface area contributed by atoms with E-state index in [1.54, 1.807) is 32.4 Å². The number of carbonyl (C=O) groups excluding carboxylic acids is 1. The number of hydrogen-bond donors (Lipinski definition) is 0. The summed E-state index contributed by atoms with van der Waals surface area (Å²) >= 11 is 0.